The Bertz CT molecular complexity index is 1520. The molecule has 0 aromatic rings. The molecular weight excluding hydrogens is 780 g/mol. The Kier molecular flexibility index (Phi) is 25.1. The molecule has 26 heteroatoms. The van der Waals surface area contributed by atoms with Crippen LogP contribution in [0.5, 0.6) is 0 Å². The summed E-state index contributed by atoms with van der Waals surface area (Å²) in [6.07, 6.45) is 0.681. The second-order valence-electron chi connectivity index (χ2n) is 13.4. The summed E-state index contributed by atoms with van der Waals surface area (Å²) in [6.45, 7) is 3.89. The lowest BCUT2D eigenvalue weighted by Gasteiger charge is -2.25. The van der Waals surface area contributed by atoms with Gasteiger partial charge in [0.05, 0.1) is 13.0 Å². The SMILES string of the molecule is CC(NC(=O)C(C)NC(=O)C(CC(N)=O)NC(=O)CN)C(=O)NC(CCCCN)C(=O)NC(C)C(=O)NC(CCCN=C(N)N)C(=O)NC(CCCN=C(N)N)C(=O)O. The van der Waals surface area contributed by atoms with Crippen molar-refractivity contribution in [3.05, 3.63) is 0 Å². The number of carboxylic acid groups (broad SMARTS) is 1. The minimum Gasteiger partial charge on any atom is -0.480 e. The molecule has 7 unspecified atom stereocenters. The van der Waals surface area contributed by atoms with Gasteiger partial charge in [0.25, 0.3) is 0 Å². The van der Waals surface area contributed by atoms with E-state index in [0.717, 1.165) is 0 Å². The average Bonchev–Trinajstić information content (AvgIpc) is 3.15. The first-order chi connectivity index (χ1) is 27.6. The Balaban J connectivity index is 5.78. The van der Waals surface area contributed by atoms with Crippen LogP contribution in [0.4, 0.5) is 0 Å². The van der Waals surface area contributed by atoms with Gasteiger partial charge in [-0.05, 0) is 72.3 Å². The number of aliphatic imine (C=N–C) groups is 2. The number of nitrogens with one attached hydrogen (secondary N) is 7. The molecule has 0 aliphatic heterocycles. The molecule has 59 heavy (non-hydrogen) atoms. The van der Waals surface area contributed by atoms with E-state index in [1.54, 1.807) is 0 Å². The van der Waals surface area contributed by atoms with Gasteiger partial charge in [-0.2, -0.15) is 0 Å². The summed E-state index contributed by atoms with van der Waals surface area (Å²) in [7, 11) is 0. The smallest absolute Gasteiger partial charge is 0.326 e. The van der Waals surface area contributed by atoms with E-state index in [0.29, 0.717) is 12.8 Å². The van der Waals surface area contributed by atoms with Gasteiger partial charge in [0.2, 0.25) is 47.3 Å². The van der Waals surface area contributed by atoms with Gasteiger partial charge in [-0.25, -0.2) is 4.79 Å². The highest BCUT2D eigenvalue weighted by molar-refractivity contribution is 5.97. The van der Waals surface area contributed by atoms with Gasteiger partial charge in [0.1, 0.15) is 42.3 Å². The number of guanidine groups is 2. The number of carbonyl (C=O) groups excluding carboxylic acids is 8. The van der Waals surface area contributed by atoms with Crippen molar-refractivity contribution in [1.82, 2.24) is 37.2 Å². The van der Waals surface area contributed by atoms with Crippen LogP contribution in [0.1, 0.15) is 72.1 Å². The van der Waals surface area contributed by atoms with E-state index in [-0.39, 0.29) is 63.7 Å². The van der Waals surface area contributed by atoms with Gasteiger partial charge in [-0.15, -0.1) is 0 Å². The molecule has 0 spiro atoms. The second kappa shape index (κ2) is 28.1. The van der Waals surface area contributed by atoms with Gasteiger partial charge in [-0.3, -0.25) is 48.3 Å². The molecule has 0 saturated carbocycles. The second-order valence-corrected chi connectivity index (χ2v) is 13.4. The molecule has 0 bridgehead atoms. The number of hydrogen-bond donors (Lipinski definition) is 15. The zero-order valence-corrected chi connectivity index (χ0v) is 33.6. The van der Waals surface area contributed by atoms with Crippen LogP contribution in [0.25, 0.3) is 0 Å². The number of amides is 8. The number of carbonyl (C=O) groups is 9. The third-order valence-corrected chi connectivity index (χ3v) is 8.22. The lowest BCUT2D eigenvalue weighted by atomic mass is 10.1. The summed E-state index contributed by atoms with van der Waals surface area (Å²) >= 11 is 0. The molecule has 0 aliphatic rings. The Morgan fingerprint density at radius 3 is 1.27 bits per heavy atom. The number of unbranched alkanes of at least 4 members (excludes halogenated alkanes) is 1. The highest BCUT2D eigenvalue weighted by atomic mass is 16.4. The van der Waals surface area contributed by atoms with Crippen molar-refractivity contribution < 1.29 is 48.3 Å². The fourth-order valence-corrected chi connectivity index (χ4v) is 4.99. The molecule has 0 fully saturated rings. The number of carboxylic acids is 1. The van der Waals surface area contributed by atoms with Crippen molar-refractivity contribution in [1.29, 1.82) is 0 Å². The molecule has 7 atom stereocenters. The topological polar surface area (TPSA) is 465 Å². The number of hydrogen-bond acceptors (Lipinski definition) is 13. The van der Waals surface area contributed by atoms with E-state index >= 15 is 0 Å². The van der Waals surface area contributed by atoms with E-state index < -0.39 is 108 Å². The van der Waals surface area contributed by atoms with Crippen LogP contribution in [-0.2, 0) is 43.2 Å². The quantitative estimate of drug-likeness (QED) is 0.0189. The molecule has 334 valence electrons. The van der Waals surface area contributed by atoms with Crippen molar-refractivity contribution in [2.45, 2.75) is 114 Å². The highest BCUT2D eigenvalue weighted by Crippen LogP contribution is 2.06. The summed E-state index contributed by atoms with van der Waals surface area (Å²) in [5.41, 5.74) is 37.3. The fourth-order valence-electron chi connectivity index (χ4n) is 4.99. The van der Waals surface area contributed by atoms with E-state index in [4.69, 9.17) is 40.1 Å². The van der Waals surface area contributed by atoms with Crippen LogP contribution in [0, 0.1) is 0 Å². The maximum Gasteiger partial charge on any atom is 0.326 e. The number of rotatable bonds is 29. The predicted molar refractivity (Wildman–Crippen MR) is 214 cm³/mol. The van der Waals surface area contributed by atoms with Gasteiger partial charge in [-0.1, -0.05) is 0 Å². The Labute approximate surface area is 341 Å². The van der Waals surface area contributed by atoms with Crippen LogP contribution in [0.2, 0.25) is 0 Å². The summed E-state index contributed by atoms with van der Waals surface area (Å²) in [6, 6.07) is -9.09. The van der Waals surface area contributed by atoms with Gasteiger partial charge < -0.3 is 82.5 Å². The van der Waals surface area contributed by atoms with E-state index in [1.165, 1.54) is 20.8 Å². The molecule has 0 radical (unpaired) electrons. The zero-order valence-electron chi connectivity index (χ0n) is 33.6. The Morgan fingerprint density at radius 1 is 0.492 bits per heavy atom. The summed E-state index contributed by atoms with van der Waals surface area (Å²) < 4.78 is 0. The molecule has 0 saturated heterocycles. The molecule has 8 amide bonds. The maximum atomic E-state index is 13.4. The number of nitrogens with two attached hydrogens (primary N) is 7. The number of nitrogens with zero attached hydrogens (tertiary/aromatic N) is 2. The average molecular weight is 843 g/mol. The maximum absolute atomic E-state index is 13.4. The van der Waals surface area contributed by atoms with Crippen LogP contribution in [0.3, 0.4) is 0 Å². The summed E-state index contributed by atoms with van der Waals surface area (Å²) in [5.74, 6) is -8.42. The first kappa shape index (κ1) is 52.7. The van der Waals surface area contributed by atoms with Crippen LogP contribution >= 0.6 is 0 Å². The number of primary amides is 1. The standard InChI is InChI=1S/C33H62N16O10/c1-16(45-30(57)22(14-23(36)50)46-24(51)15-35)25(52)43-17(2)26(53)47-19(8-4-5-11-34)28(55)44-18(3)27(54)48-20(9-6-12-41-32(37)38)29(56)49-21(31(58)59)10-7-13-42-33(39)40/h16-22H,4-15,34-35H2,1-3H3,(H2,36,50)(H,43,52)(H,44,55)(H,45,57)(H,46,51)(H,47,53)(H,48,54)(H,49,56)(H,58,59)(H4,37,38,41)(H4,39,40,42). The fraction of sp³-hybridized carbons (Fsp3) is 0.667. The van der Waals surface area contributed by atoms with Crippen molar-refractivity contribution >= 4 is 65.1 Å². The largest absolute Gasteiger partial charge is 0.480 e. The summed E-state index contributed by atoms with van der Waals surface area (Å²) in [4.78, 5) is 121. The third-order valence-electron chi connectivity index (χ3n) is 8.22. The van der Waals surface area contributed by atoms with Crippen molar-refractivity contribution in [2.24, 2.45) is 50.1 Å². The molecule has 0 rings (SSSR count). The molecule has 0 aliphatic carbocycles. The van der Waals surface area contributed by atoms with E-state index in [2.05, 4.69) is 47.2 Å². The predicted octanol–water partition coefficient (Wildman–Crippen LogP) is -7.41. The molecule has 0 heterocycles. The Hall–Kier alpha value is -6.31. The first-order valence-corrected chi connectivity index (χ1v) is 18.8. The van der Waals surface area contributed by atoms with E-state index in [1.807, 2.05) is 0 Å². The lowest BCUT2D eigenvalue weighted by Crippen LogP contribution is -2.59. The molecule has 0 aromatic carbocycles. The molecular formula is C33H62N16O10. The molecule has 22 N–H and O–H groups in total. The van der Waals surface area contributed by atoms with Crippen molar-refractivity contribution in [3.8, 4) is 0 Å². The summed E-state index contributed by atoms with van der Waals surface area (Å²) in [5, 5.41) is 26.5. The number of aliphatic carboxylic acids is 1. The third kappa shape index (κ3) is 22.9. The first-order valence-electron chi connectivity index (χ1n) is 18.8. The van der Waals surface area contributed by atoms with Crippen LogP contribution < -0.4 is 77.4 Å². The zero-order chi connectivity index (χ0) is 45.2. The van der Waals surface area contributed by atoms with Gasteiger partial charge >= 0.3 is 5.97 Å². The Morgan fingerprint density at radius 2 is 0.864 bits per heavy atom. The minimum absolute atomic E-state index is 0.0299. The highest BCUT2D eigenvalue weighted by Gasteiger charge is 2.31. The molecule has 26 nitrogen and oxygen atoms in total. The molecule has 0 aromatic heterocycles. The van der Waals surface area contributed by atoms with Gasteiger partial charge in [0.15, 0.2) is 11.9 Å². The van der Waals surface area contributed by atoms with Crippen LogP contribution in [0.15, 0.2) is 9.98 Å². The van der Waals surface area contributed by atoms with Gasteiger partial charge in [0, 0.05) is 13.1 Å². The van der Waals surface area contributed by atoms with E-state index in [9.17, 15) is 48.3 Å². The van der Waals surface area contributed by atoms with Crippen LogP contribution in [-0.4, -0.2) is 139 Å². The monoisotopic (exact) mass is 842 g/mol. The van der Waals surface area contributed by atoms with Crippen molar-refractivity contribution in [3.63, 3.8) is 0 Å². The van der Waals surface area contributed by atoms with Crippen molar-refractivity contribution in [2.75, 3.05) is 26.2 Å². The lowest BCUT2D eigenvalue weighted by molar-refractivity contribution is -0.142. The minimum atomic E-state index is -1.42. The normalized spacial score (nSPS) is 14.2.